The van der Waals surface area contributed by atoms with E-state index in [0.717, 1.165) is 15.5 Å². The van der Waals surface area contributed by atoms with Crippen LogP contribution in [0.2, 0.25) is 5.02 Å². The monoisotopic (exact) mass is 278 g/mol. The third kappa shape index (κ3) is 1.60. The summed E-state index contributed by atoms with van der Waals surface area (Å²) in [6.45, 7) is 0. The molecule has 0 amide bonds. The lowest BCUT2D eigenvalue weighted by Gasteiger charge is -2.01. The van der Waals surface area contributed by atoms with Crippen LogP contribution < -0.4 is 5.46 Å². The Morgan fingerprint density at radius 3 is 2.68 bits per heavy atom. The summed E-state index contributed by atoms with van der Waals surface area (Å²) in [4.78, 5) is 0. The Labute approximate surface area is 121 Å². The second-order valence-corrected chi connectivity index (χ2v) is 6.12. The highest BCUT2D eigenvalue weighted by molar-refractivity contribution is 7.27. The molecule has 4 aromatic rings. The summed E-state index contributed by atoms with van der Waals surface area (Å²) in [6, 6.07) is 16.6. The Morgan fingerprint density at radius 2 is 1.79 bits per heavy atom. The van der Waals surface area contributed by atoms with E-state index in [1.165, 1.54) is 20.9 Å². The quantitative estimate of drug-likeness (QED) is 0.411. The van der Waals surface area contributed by atoms with Gasteiger partial charge in [-0.15, -0.1) is 11.3 Å². The van der Waals surface area contributed by atoms with Gasteiger partial charge >= 0.3 is 0 Å². The van der Waals surface area contributed by atoms with Crippen molar-refractivity contribution in [2.75, 3.05) is 0 Å². The number of rotatable bonds is 0. The van der Waals surface area contributed by atoms with Gasteiger partial charge in [0.1, 0.15) is 7.85 Å². The summed E-state index contributed by atoms with van der Waals surface area (Å²) in [7, 11) is 6.09. The van der Waals surface area contributed by atoms with E-state index >= 15 is 0 Å². The van der Waals surface area contributed by atoms with Crippen LogP contribution in [0.3, 0.4) is 0 Å². The molecule has 1 aromatic heterocycles. The standard InChI is InChI=1S/C16H8BClS/c17-13-8-10(18)7-12-15-11-4-2-1-3-9(11)5-6-14(15)19-16(12)13/h1-8H. The van der Waals surface area contributed by atoms with Crippen molar-refractivity contribution in [1.29, 1.82) is 0 Å². The normalized spacial score (nSPS) is 11.6. The predicted molar refractivity (Wildman–Crippen MR) is 87.2 cm³/mol. The van der Waals surface area contributed by atoms with Gasteiger partial charge in [0.15, 0.2) is 0 Å². The second-order valence-electron chi connectivity index (χ2n) is 4.63. The summed E-state index contributed by atoms with van der Waals surface area (Å²) in [5.74, 6) is 0. The highest BCUT2D eigenvalue weighted by Crippen LogP contribution is 2.38. The highest BCUT2D eigenvalue weighted by Gasteiger charge is 2.10. The van der Waals surface area contributed by atoms with Crippen LogP contribution in [0, 0.1) is 0 Å². The number of benzene rings is 3. The number of halogens is 1. The van der Waals surface area contributed by atoms with E-state index in [4.69, 9.17) is 19.4 Å². The topological polar surface area (TPSA) is 0 Å². The van der Waals surface area contributed by atoms with Crippen LogP contribution in [0.15, 0.2) is 48.5 Å². The summed E-state index contributed by atoms with van der Waals surface area (Å²) < 4.78 is 2.37. The minimum atomic E-state index is 0.692. The molecule has 2 radical (unpaired) electrons. The van der Waals surface area contributed by atoms with Gasteiger partial charge in [0, 0.05) is 25.2 Å². The van der Waals surface area contributed by atoms with Crippen molar-refractivity contribution in [3.8, 4) is 0 Å². The molecule has 0 spiro atoms. The molecule has 0 saturated heterocycles. The maximum atomic E-state index is 6.16. The Hall–Kier alpha value is -1.51. The molecule has 0 fully saturated rings. The molecular formula is C16H8BClS. The molecule has 4 rings (SSSR count). The van der Waals surface area contributed by atoms with Gasteiger partial charge in [-0.25, -0.2) is 0 Å². The fraction of sp³-hybridized carbons (Fsp3) is 0. The molecule has 1 heterocycles. The average molecular weight is 279 g/mol. The largest absolute Gasteiger partial charge is 0.136 e. The van der Waals surface area contributed by atoms with Gasteiger partial charge in [0.2, 0.25) is 0 Å². The Bertz CT molecular complexity index is 940. The van der Waals surface area contributed by atoms with E-state index in [2.05, 4.69) is 36.4 Å². The number of thiophene rings is 1. The first kappa shape index (κ1) is 11.3. The summed E-state index contributed by atoms with van der Waals surface area (Å²) in [6.07, 6.45) is 0. The Kier molecular flexibility index (Phi) is 2.38. The molecule has 3 aromatic carbocycles. The summed E-state index contributed by atoms with van der Waals surface area (Å²) >= 11 is 7.89. The lowest BCUT2D eigenvalue weighted by atomic mass is 9.93. The lowest BCUT2D eigenvalue weighted by molar-refractivity contribution is 1.82. The summed E-state index contributed by atoms with van der Waals surface area (Å²) in [5.41, 5.74) is 0.757. The van der Waals surface area contributed by atoms with Crippen molar-refractivity contribution in [2.45, 2.75) is 0 Å². The molecule has 0 aliphatic carbocycles. The van der Waals surface area contributed by atoms with E-state index in [-0.39, 0.29) is 0 Å². The molecule has 0 N–H and O–H groups in total. The van der Waals surface area contributed by atoms with Gasteiger partial charge < -0.3 is 0 Å². The third-order valence-corrected chi connectivity index (χ3v) is 4.89. The molecule has 0 nitrogen and oxygen atoms in total. The van der Waals surface area contributed by atoms with Gasteiger partial charge in [0.25, 0.3) is 0 Å². The van der Waals surface area contributed by atoms with Gasteiger partial charge in [-0.05, 0) is 29.0 Å². The molecule has 0 aliphatic heterocycles. The minimum absolute atomic E-state index is 0.692. The first-order valence-electron chi connectivity index (χ1n) is 6.03. The number of fused-ring (bicyclic) bond motifs is 5. The molecular weight excluding hydrogens is 271 g/mol. The Balaban J connectivity index is 2.35. The predicted octanol–water partition coefficient (Wildman–Crippen LogP) is 4.65. The molecule has 0 atom stereocenters. The van der Waals surface area contributed by atoms with E-state index in [1.807, 2.05) is 12.1 Å². The van der Waals surface area contributed by atoms with E-state index < -0.39 is 0 Å². The molecule has 0 saturated carbocycles. The molecule has 3 heteroatoms. The van der Waals surface area contributed by atoms with Crippen LogP contribution in [0.1, 0.15) is 0 Å². The van der Waals surface area contributed by atoms with Crippen molar-refractivity contribution >= 4 is 67.2 Å². The van der Waals surface area contributed by atoms with Gasteiger partial charge in [0.05, 0.1) is 0 Å². The molecule has 88 valence electrons. The smallest absolute Gasteiger partial charge is 0.115 e. The van der Waals surface area contributed by atoms with Crippen LogP contribution >= 0.6 is 22.9 Å². The van der Waals surface area contributed by atoms with Gasteiger partial charge in [-0.2, -0.15) is 0 Å². The van der Waals surface area contributed by atoms with Crippen LogP contribution in [-0.2, 0) is 0 Å². The minimum Gasteiger partial charge on any atom is -0.136 e. The maximum Gasteiger partial charge on any atom is 0.115 e. The number of hydrogen-bond donors (Lipinski definition) is 0. The van der Waals surface area contributed by atoms with Crippen LogP contribution in [0.4, 0.5) is 0 Å². The molecule has 19 heavy (non-hydrogen) atoms. The Morgan fingerprint density at radius 1 is 0.947 bits per heavy atom. The van der Waals surface area contributed by atoms with Gasteiger partial charge in [-0.1, -0.05) is 47.4 Å². The SMILES string of the molecule is [B]c1cc(Cl)cc2c1sc1ccc3ccccc3c12. The average Bonchev–Trinajstić information content (AvgIpc) is 2.78. The van der Waals surface area contributed by atoms with Gasteiger partial charge in [-0.3, -0.25) is 0 Å². The first-order chi connectivity index (χ1) is 9.24. The fourth-order valence-electron chi connectivity index (χ4n) is 2.64. The summed E-state index contributed by atoms with van der Waals surface area (Å²) in [5, 5.41) is 5.60. The zero-order chi connectivity index (χ0) is 13.0. The van der Waals surface area contributed by atoms with Crippen molar-refractivity contribution in [2.24, 2.45) is 0 Å². The van der Waals surface area contributed by atoms with E-state index in [9.17, 15) is 0 Å². The lowest BCUT2D eigenvalue weighted by Crippen LogP contribution is -2.00. The zero-order valence-electron chi connectivity index (χ0n) is 9.98. The van der Waals surface area contributed by atoms with E-state index in [1.54, 1.807) is 11.3 Å². The van der Waals surface area contributed by atoms with Crippen LogP contribution in [0.5, 0.6) is 0 Å². The van der Waals surface area contributed by atoms with Crippen LogP contribution in [-0.4, -0.2) is 7.85 Å². The molecule has 0 unspecified atom stereocenters. The van der Waals surface area contributed by atoms with Crippen molar-refractivity contribution in [1.82, 2.24) is 0 Å². The van der Waals surface area contributed by atoms with E-state index in [0.29, 0.717) is 5.02 Å². The van der Waals surface area contributed by atoms with Crippen molar-refractivity contribution < 1.29 is 0 Å². The zero-order valence-corrected chi connectivity index (χ0v) is 11.6. The molecule has 0 bridgehead atoms. The highest BCUT2D eigenvalue weighted by atomic mass is 35.5. The molecule has 0 aliphatic rings. The van der Waals surface area contributed by atoms with Crippen molar-refractivity contribution in [3.05, 3.63) is 53.6 Å². The van der Waals surface area contributed by atoms with Crippen molar-refractivity contribution in [3.63, 3.8) is 0 Å². The third-order valence-electron chi connectivity index (χ3n) is 3.45. The van der Waals surface area contributed by atoms with Crippen LogP contribution in [0.25, 0.3) is 30.9 Å². The number of hydrogen-bond acceptors (Lipinski definition) is 1. The fourth-order valence-corrected chi connectivity index (χ4v) is 3.99. The second kappa shape index (κ2) is 3.99. The maximum absolute atomic E-state index is 6.16. The first-order valence-corrected chi connectivity index (χ1v) is 7.22.